The minimum absolute atomic E-state index is 0.0257. The maximum atomic E-state index is 13.3. The van der Waals surface area contributed by atoms with Gasteiger partial charge in [0.25, 0.3) is 0 Å². The molecular weight excluding hydrogens is 338 g/mol. The molecule has 2 aromatic rings. The summed E-state index contributed by atoms with van der Waals surface area (Å²) in [7, 11) is -3.46. The van der Waals surface area contributed by atoms with Crippen molar-refractivity contribution in [3.63, 3.8) is 0 Å². The third-order valence-corrected chi connectivity index (χ3v) is 7.62. The molecule has 2 heterocycles. The van der Waals surface area contributed by atoms with Crippen LogP contribution in [-0.4, -0.2) is 19.3 Å². The van der Waals surface area contributed by atoms with E-state index in [-0.39, 0.29) is 6.04 Å². The van der Waals surface area contributed by atoms with Crippen LogP contribution in [0.5, 0.6) is 0 Å². The van der Waals surface area contributed by atoms with Gasteiger partial charge in [0.15, 0.2) is 0 Å². The molecule has 1 aliphatic rings. The molecule has 0 spiro atoms. The normalized spacial score (nSPS) is 20.2. The molecule has 1 fully saturated rings. The van der Waals surface area contributed by atoms with Crippen LogP contribution in [0.1, 0.15) is 61.9 Å². The van der Waals surface area contributed by atoms with E-state index in [4.69, 9.17) is 0 Å². The van der Waals surface area contributed by atoms with Gasteiger partial charge in [-0.1, -0.05) is 44.9 Å². The molecule has 24 heavy (non-hydrogen) atoms. The lowest BCUT2D eigenvalue weighted by atomic mass is 10.0. The molecule has 0 radical (unpaired) electrons. The predicted molar refractivity (Wildman–Crippen MR) is 100.0 cm³/mol. The second kappa shape index (κ2) is 7.38. The molecule has 3 nitrogen and oxygen atoms in total. The van der Waals surface area contributed by atoms with E-state index in [0.717, 1.165) is 30.6 Å². The van der Waals surface area contributed by atoms with Crippen LogP contribution in [0.25, 0.3) is 0 Å². The molecule has 0 N–H and O–H groups in total. The monoisotopic (exact) mass is 363 g/mol. The van der Waals surface area contributed by atoms with Crippen molar-refractivity contribution in [2.24, 2.45) is 0 Å². The quantitative estimate of drug-likeness (QED) is 0.751. The molecule has 5 heteroatoms. The van der Waals surface area contributed by atoms with Crippen LogP contribution in [0.4, 0.5) is 0 Å². The first-order chi connectivity index (χ1) is 11.5. The molecule has 1 atom stereocenters. The van der Waals surface area contributed by atoms with E-state index in [2.05, 4.69) is 19.9 Å². The van der Waals surface area contributed by atoms with E-state index in [1.807, 2.05) is 23.6 Å². The van der Waals surface area contributed by atoms with Crippen molar-refractivity contribution in [2.45, 2.75) is 56.4 Å². The van der Waals surface area contributed by atoms with Crippen molar-refractivity contribution in [3.05, 3.63) is 52.2 Å². The summed E-state index contributed by atoms with van der Waals surface area (Å²) in [5.74, 6) is 0.402. The number of hydrogen-bond acceptors (Lipinski definition) is 3. The zero-order valence-corrected chi connectivity index (χ0v) is 15.9. The molecule has 0 bridgehead atoms. The van der Waals surface area contributed by atoms with E-state index in [9.17, 15) is 8.42 Å². The molecule has 130 valence electrons. The lowest BCUT2D eigenvalue weighted by Crippen LogP contribution is -2.34. The number of thiophene rings is 1. The largest absolute Gasteiger partial charge is 0.243 e. The van der Waals surface area contributed by atoms with Crippen molar-refractivity contribution < 1.29 is 8.42 Å². The van der Waals surface area contributed by atoms with E-state index in [0.29, 0.717) is 17.4 Å². The van der Waals surface area contributed by atoms with Crippen LogP contribution in [0.2, 0.25) is 0 Å². The van der Waals surface area contributed by atoms with Crippen molar-refractivity contribution in [1.82, 2.24) is 4.31 Å². The predicted octanol–water partition coefficient (Wildman–Crippen LogP) is 5.18. The van der Waals surface area contributed by atoms with Crippen molar-refractivity contribution in [1.29, 1.82) is 0 Å². The van der Waals surface area contributed by atoms with Crippen molar-refractivity contribution in [2.75, 3.05) is 6.54 Å². The van der Waals surface area contributed by atoms with Gasteiger partial charge in [-0.15, -0.1) is 11.3 Å². The highest BCUT2D eigenvalue weighted by Gasteiger charge is 2.33. The smallest absolute Gasteiger partial charge is 0.207 e. The fourth-order valence-electron chi connectivity index (χ4n) is 3.29. The summed E-state index contributed by atoms with van der Waals surface area (Å²) in [6.07, 6.45) is 4.02. The van der Waals surface area contributed by atoms with Gasteiger partial charge >= 0.3 is 0 Å². The van der Waals surface area contributed by atoms with E-state index >= 15 is 0 Å². The number of hydrogen-bond donors (Lipinski definition) is 0. The molecule has 3 rings (SSSR count). The van der Waals surface area contributed by atoms with E-state index in [1.54, 1.807) is 27.8 Å². The number of benzene rings is 1. The first-order valence-electron chi connectivity index (χ1n) is 8.65. The third-order valence-electron chi connectivity index (χ3n) is 4.73. The van der Waals surface area contributed by atoms with Crippen LogP contribution in [0.3, 0.4) is 0 Å². The fraction of sp³-hybridized carbons (Fsp3) is 0.474. The molecule has 1 aromatic carbocycles. The lowest BCUT2D eigenvalue weighted by Gasteiger charge is -2.28. The van der Waals surface area contributed by atoms with Gasteiger partial charge in [0.05, 0.1) is 10.9 Å². The maximum Gasteiger partial charge on any atom is 0.243 e. The van der Waals surface area contributed by atoms with Crippen LogP contribution < -0.4 is 0 Å². The van der Waals surface area contributed by atoms with Gasteiger partial charge in [-0.05, 0) is 47.9 Å². The SMILES string of the molecule is CC(C)c1ccc(S(=O)(=O)N2CCCCCC2c2cccs2)cc1. The Kier molecular flexibility index (Phi) is 5.42. The Bertz CT molecular complexity index is 749. The summed E-state index contributed by atoms with van der Waals surface area (Å²) in [5.41, 5.74) is 1.17. The molecule has 1 saturated heterocycles. The molecule has 1 aliphatic heterocycles. The van der Waals surface area contributed by atoms with Crippen molar-refractivity contribution in [3.8, 4) is 0 Å². The summed E-state index contributed by atoms with van der Waals surface area (Å²) in [6.45, 7) is 4.84. The highest BCUT2D eigenvalue weighted by molar-refractivity contribution is 7.89. The van der Waals surface area contributed by atoms with Gasteiger partial charge in [-0.25, -0.2) is 8.42 Å². The number of sulfonamides is 1. The van der Waals surface area contributed by atoms with Gasteiger partial charge in [0.2, 0.25) is 10.0 Å². The summed E-state index contributed by atoms with van der Waals surface area (Å²) in [4.78, 5) is 1.56. The minimum Gasteiger partial charge on any atom is -0.207 e. The number of nitrogens with zero attached hydrogens (tertiary/aromatic N) is 1. The standard InChI is InChI=1S/C19H25NO2S2/c1-15(2)16-9-11-17(12-10-16)24(21,22)20-13-5-3-4-7-18(20)19-8-6-14-23-19/h6,8-12,14-15,18H,3-5,7,13H2,1-2H3. The Labute approximate surface area is 149 Å². The van der Waals surface area contributed by atoms with Gasteiger partial charge < -0.3 is 0 Å². The average Bonchev–Trinajstić information content (AvgIpc) is 2.98. The summed E-state index contributed by atoms with van der Waals surface area (Å²) in [6, 6.07) is 11.5. The second-order valence-corrected chi connectivity index (χ2v) is 9.59. The highest BCUT2D eigenvalue weighted by atomic mass is 32.2. The Morgan fingerprint density at radius 3 is 2.46 bits per heavy atom. The van der Waals surface area contributed by atoms with Gasteiger partial charge in [-0.3, -0.25) is 0 Å². The molecule has 0 aliphatic carbocycles. The Balaban J connectivity index is 1.95. The van der Waals surface area contributed by atoms with Crippen molar-refractivity contribution >= 4 is 21.4 Å². The summed E-state index contributed by atoms with van der Waals surface area (Å²) in [5, 5.41) is 2.03. The van der Waals surface area contributed by atoms with Crippen LogP contribution in [0, 0.1) is 0 Å². The lowest BCUT2D eigenvalue weighted by molar-refractivity contribution is 0.333. The summed E-state index contributed by atoms with van der Waals surface area (Å²) < 4.78 is 28.2. The molecule has 0 amide bonds. The van der Waals surface area contributed by atoms with Crippen LogP contribution in [0.15, 0.2) is 46.7 Å². The highest BCUT2D eigenvalue weighted by Crippen LogP contribution is 2.36. The second-order valence-electron chi connectivity index (χ2n) is 6.72. The third kappa shape index (κ3) is 3.58. The summed E-state index contributed by atoms with van der Waals surface area (Å²) >= 11 is 1.65. The maximum absolute atomic E-state index is 13.3. The zero-order chi connectivity index (χ0) is 17.2. The molecule has 1 unspecified atom stereocenters. The van der Waals surface area contributed by atoms with Gasteiger partial charge in [-0.2, -0.15) is 4.31 Å². The Hall–Kier alpha value is -1.17. The topological polar surface area (TPSA) is 37.4 Å². The average molecular weight is 364 g/mol. The first kappa shape index (κ1) is 17.6. The molecular formula is C19H25NO2S2. The zero-order valence-electron chi connectivity index (χ0n) is 14.3. The van der Waals surface area contributed by atoms with Gasteiger partial charge in [0.1, 0.15) is 0 Å². The Morgan fingerprint density at radius 2 is 1.83 bits per heavy atom. The van der Waals surface area contributed by atoms with Gasteiger partial charge in [0, 0.05) is 11.4 Å². The minimum atomic E-state index is -3.46. The van der Waals surface area contributed by atoms with Crippen LogP contribution in [-0.2, 0) is 10.0 Å². The Morgan fingerprint density at radius 1 is 1.08 bits per heavy atom. The van der Waals surface area contributed by atoms with Crippen LogP contribution >= 0.6 is 11.3 Å². The first-order valence-corrected chi connectivity index (χ1v) is 11.0. The van der Waals surface area contributed by atoms with E-state index < -0.39 is 10.0 Å². The molecule has 1 aromatic heterocycles. The number of rotatable bonds is 4. The fourth-order valence-corrected chi connectivity index (χ4v) is 5.91. The molecule has 0 saturated carbocycles. The van der Waals surface area contributed by atoms with E-state index in [1.165, 1.54) is 5.56 Å².